The number of carbonyl (C=O) groups excluding carboxylic acids is 2. The minimum atomic E-state index is -1.56. The number of benzene rings is 2. The molecule has 0 aliphatic heterocycles. The molecule has 0 saturated heterocycles. The van der Waals surface area contributed by atoms with Crippen LogP contribution in [0.5, 0.6) is 11.5 Å². The largest absolute Gasteiger partial charge is 1.00 e. The van der Waals surface area contributed by atoms with E-state index in [1.54, 1.807) is 0 Å². The van der Waals surface area contributed by atoms with Crippen LogP contribution in [0, 0.1) is 0 Å². The Morgan fingerprint density at radius 3 is 1.75 bits per heavy atom. The Labute approximate surface area is 180 Å². The molecule has 0 atom stereocenters. The maximum Gasteiger partial charge on any atom is 1.00 e. The van der Waals surface area contributed by atoms with Gasteiger partial charge in [-0.15, -0.1) is 0 Å². The Morgan fingerprint density at radius 1 is 0.750 bits per heavy atom. The molecule has 2 aromatic carbocycles. The monoisotopic (exact) mass is 346 g/mol. The van der Waals surface area contributed by atoms with Crippen LogP contribution in [-0.4, -0.2) is 22.2 Å². The zero-order valence-electron chi connectivity index (χ0n) is 12.9. The third kappa shape index (κ3) is 5.59. The number of phenols is 2. The quantitative estimate of drug-likeness (QED) is 0.417. The van der Waals surface area contributed by atoms with E-state index in [4.69, 9.17) is 0 Å². The van der Waals surface area contributed by atoms with E-state index in [2.05, 4.69) is 10.2 Å². The summed E-state index contributed by atoms with van der Waals surface area (Å²) in [6.45, 7) is 0. The molecule has 0 unspecified atom stereocenters. The summed E-state index contributed by atoms with van der Waals surface area (Å²) in [6, 6.07) is 6.95. The molecule has 2 N–H and O–H groups in total. The van der Waals surface area contributed by atoms with Crippen molar-refractivity contribution in [2.24, 2.45) is 10.2 Å². The van der Waals surface area contributed by atoms with Gasteiger partial charge in [-0.1, -0.05) is 0 Å². The van der Waals surface area contributed by atoms with E-state index in [1.807, 2.05) is 0 Å². The molecular formula is C14H8N2Na2O6. The van der Waals surface area contributed by atoms with E-state index in [0.29, 0.717) is 0 Å². The van der Waals surface area contributed by atoms with Crippen molar-refractivity contribution in [2.45, 2.75) is 0 Å². The second kappa shape index (κ2) is 9.77. The molecule has 10 heteroatoms. The minimum Gasteiger partial charge on any atom is -0.545 e. The summed E-state index contributed by atoms with van der Waals surface area (Å²) in [6.07, 6.45) is 0. The fourth-order valence-electron chi connectivity index (χ4n) is 1.62. The van der Waals surface area contributed by atoms with Crippen LogP contribution in [0.2, 0.25) is 0 Å². The molecule has 0 fully saturated rings. The van der Waals surface area contributed by atoms with Crippen LogP contribution in [0.1, 0.15) is 20.7 Å². The van der Waals surface area contributed by atoms with E-state index in [9.17, 15) is 30.0 Å². The van der Waals surface area contributed by atoms with E-state index in [1.165, 1.54) is 12.1 Å². The SMILES string of the molecule is O=C([O-])c1ccc(N=Nc2ccc(O)c(C(=O)[O-])c2)cc1O.[Na+].[Na+]. The molecule has 0 amide bonds. The summed E-state index contributed by atoms with van der Waals surface area (Å²) in [5.41, 5.74) is -0.555. The van der Waals surface area contributed by atoms with Gasteiger partial charge in [0.1, 0.15) is 11.5 Å². The number of carboxylic acids is 2. The number of nitrogens with zero attached hydrogens (tertiary/aromatic N) is 2. The van der Waals surface area contributed by atoms with Gasteiger partial charge in [-0.25, -0.2) is 0 Å². The topological polar surface area (TPSA) is 145 Å². The molecule has 24 heavy (non-hydrogen) atoms. The van der Waals surface area contributed by atoms with E-state index in [0.717, 1.165) is 24.3 Å². The van der Waals surface area contributed by atoms with E-state index >= 15 is 0 Å². The summed E-state index contributed by atoms with van der Waals surface area (Å²) in [4.78, 5) is 21.4. The molecule has 0 bridgehead atoms. The zero-order valence-corrected chi connectivity index (χ0v) is 16.9. The maximum atomic E-state index is 10.8. The van der Waals surface area contributed by atoms with Gasteiger partial charge in [-0.05, 0) is 30.3 Å². The summed E-state index contributed by atoms with van der Waals surface area (Å²) >= 11 is 0. The number of rotatable bonds is 4. The van der Waals surface area contributed by atoms with Gasteiger partial charge < -0.3 is 30.0 Å². The number of aromatic carboxylic acids is 2. The Hall–Kier alpha value is -1.42. The van der Waals surface area contributed by atoms with Crippen LogP contribution >= 0.6 is 0 Å². The van der Waals surface area contributed by atoms with Crippen LogP contribution in [0.4, 0.5) is 11.4 Å². The van der Waals surface area contributed by atoms with Crippen LogP contribution in [0.25, 0.3) is 0 Å². The Kier molecular flexibility index (Phi) is 9.20. The van der Waals surface area contributed by atoms with Crippen LogP contribution in [0.15, 0.2) is 46.6 Å². The number of hydrogen-bond donors (Lipinski definition) is 2. The third-order valence-electron chi connectivity index (χ3n) is 2.68. The van der Waals surface area contributed by atoms with Crippen molar-refractivity contribution < 1.29 is 89.1 Å². The first-order valence-corrected chi connectivity index (χ1v) is 5.89. The fraction of sp³-hybridized carbons (Fsp3) is 0. The van der Waals surface area contributed by atoms with Crippen LogP contribution in [0.3, 0.4) is 0 Å². The normalized spacial score (nSPS) is 9.83. The van der Waals surface area contributed by atoms with Gasteiger partial charge >= 0.3 is 59.1 Å². The molecule has 0 aliphatic carbocycles. The molecule has 0 radical (unpaired) electrons. The van der Waals surface area contributed by atoms with Crippen molar-refractivity contribution in [3.63, 3.8) is 0 Å². The first kappa shape index (κ1) is 22.6. The molecule has 8 nitrogen and oxygen atoms in total. The van der Waals surface area contributed by atoms with Crippen LogP contribution < -0.4 is 69.3 Å². The average Bonchev–Trinajstić information content (AvgIpc) is 2.45. The van der Waals surface area contributed by atoms with Crippen molar-refractivity contribution in [2.75, 3.05) is 0 Å². The van der Waals surface area contributed by atoms with E-state index < -0.39 is 29.0 Å². The summed E-state index contributed by atoms with van der Waals surface area (Å²) in [5.74, 6) is -4.09. The van der Waals surface area contributed by atoms with Crippen molar-refractivity contribution in [1.82, 2.24) is 0 Å². The Balaban J connectivity index is 0.00000264. The predicted molar refractivity (Wildman–Crippen MR) is 69.1 cm³/mol. The maximum absolute atomic E-state index is 10.8. The first-order chi connectivity index (χ1) is 10.4. The molecule has 2 aromatic rings. The van der Waals surface area contributed by atoms with Gasteiger partial charge in [0.15, 0.2) is 0 Å². The molecule has 0 saturated carbocycles. The molecule has 0 aromatic heterocycles. The smallest absolute Gasteiger partial charge is 0.545 e. The standard InChI is InChI=1S/C14H10N2O6.2Na/c17-11-4-2-7(5-10(11)14(21)22)15-16-8-1-3-9(13(19)20)12(18)6-8;;/h1-6,17-18H,(H,19,20)(H,21,22);;/q;2*+1/p-2. The molecular weight excluding hydrogens is 338 g/mol. The van der Waals surface area contributed by atoms with Gasteiger partial charge in [0, 0.05) is 17.2 Å². The Morgan fingerprint density at radius 2 is 1.25 bits per heavy atom. The number of carbonyl (C=O) groups is 2. The third-order valence-corrected chi connectivity index (χ3v) is 2.68. The second-order valence-electron chi connectivity index (χ2n) is 4.18. The minimum absolute atomic E-state index is 0. The summed E-state index contributed by atoms with van der Waals surface area (Å²) < 4.78 is 0. The van der Waals surface area contributed by atoms with Gasteiger partial charge in [-0.2, -0.15) is 10.2 Å². The molecule has 2 rings (SSSR count). The van der Waals surface area contributed by atoms with Gasteiger partial charge in [0.05, 0.1) is 23.3 Å². The van der Waals surface area contributed by atoms with Crippen LogP contribution in [-0.2, 0) is 0 Å². The van der Waals surface area contributed by atoms with Crippen molar-refractivity contribution in [1.29, 1.82) is 0 Å². The average molecular weight is 346 g/mol. The van der Waals surface area contributed by atoms with Gasteiger partial charge in [-0.3, -0.25) is 0 Å². The molecule has 0 aliphatic rings. The first-order valence-electron chi connectivity index (χ1n) is 5.89. The summed E-state index contributed by atoms with van der Waals surface area (Å²) in [7, 11) is 0. The molecule has 0 spiro atoms. The summed E-state index contributed by atoms with van der Waals surface area (Å²) in [5, 5.41) is 47.6. The predicted octanol–water partition coefficient (Wildman–Crippen LogP) is -5.75. The molecule has 112 valence electrons. The second-order valence-corrected chi connectivity index (χ2v) is 4.18. The zero-order chi connectivity index (χ0) is 16.3. The number of carboxylic acid groups (broad SMARTS) is 2. The van der Waals surface area contributed by atoms with Gasteiger partial charge in [0.25, 0.3) is 0 Å². The van der Waals surface area contributed by atoms with Crippen molar-refractivity contribution >= 4 is 23.3 Å². The number of hydrogen-bond acceptors (Lipinski definition) is 8. The van der Waals surface area contributed by atoms with E-state index in [-0.39, 0.29) is 76.1 Å². The van der Waals surface area contributed by atoms with Gasteiger partial charge in [0.2, 0.25) is 0 Å². The Bertz CT molecular complexity index is 795. The van der Waals surface area contributed by atoms with Crippen molar-refractivity contribution in [3.8, 4) is 11.5 Å². The molecule has 0 heterocycles. The van der Waals surface area contributed by atoms with Crippen molar-refractivity contribution in [3.05, 3.63) is 47.5 Å². The number of azo groups is 1. The fourth-order valence-corrected chi connectivity index (χ4v) is 1.62. The number of aromatic hydroxyl groups is 2.